The molecule has 0 fully saturated rings. The highest BCUT2D eigenvalue weighted by molar-refractivity contribution is 6.05. The Balaban J connectivity index is 1.56. The smallest absolute Gasteiger partial charge is 0.342 e. The molecule has 2 aromatic carbocycles. The monoisotopic (exact) mass is 480 g/mol. The Morgan fingerprint density at radius 2 is 1.11 bits per heavy atom. The fourth-order valence-corrected chi connectivity index (χ4v) is 4.09. The summed E-state index contributed by atoms with van der Waals surface area (Å²) in [5.74, 6) is 1.83. The van der Waals surface area contributed by atoms with E-state index in [-0.39, 0.29) is 50.8 Å². The third-order valence-electron chi connectivity index (χ3n) is 5.62. The molecule has 9 nitrogen and oxygen atoms in total. The number of hydrogen-bond donors (Lipinski definition) is 0. The Bertz CT molecular complexity index is 1180. The molecule has 0 saturated carbocycles. The van der Waals surface area contributed by atoms with E-state index in [2.05, 4.69) is 0 Å². The number of carbonyl (C=O) groups is 2. The van der Waals surface area contributed by atoms with Gasteiger partial charge in [-0.2, -0.15) is 0 Å². The third-order valence-corrected chi connectivity index (χ3v) is 5.62. The largest absolute Gasteiger partial charge is 0.464 e. The first-order valence-corrected chi connectivity index (χ1v) is 11.3. The van der Waals surface area contributed by atoms with Gasteiger partial charge < -0.3 is 32.8 Å². The number of hydrogen-bond acceptors (Lipinski definition) is 9. The van der Waals surface area contributed by atoms with Crippen molar-refractivity contribution in [1.29, 1.82) is 0 Å². The fourth-order valence-electron chi connectivity index (χ4n) is 4.09. The Labute approximate surface area is 201 Å². The van der Waals surface area contributed by atoms with Gasteiger partial charge in [0.15, 0.2) is 23.0 Å². The van der Waals surface area contributed by atoms with Crippen LogP contribution < -0.4 is 18.9 Å². The van der Waals surface area contributed by atoms with Crippen molar-refractivity contribution in [2.45, 2.75) is 26.7 Å². The SMILES string of the molecule is CCOC(=O)c1c(Cc2ccc3c(c2)OCO3)oc(Cc2ccc3c(c2)OCO3)c1C(=O)OCC. The second kappa shape index (κ2) is 9.61. The van der Waals surface area contributed by atoms with E-state index in [0.717, 1.165) is 11.1 Å². The Morgan fingerprint density at radius 1 is 0.686 bits per heavy atom. The Hall–Kier alpha value is -4.14. The van der Waals surface area contributed by atoms with Crippen molar-refractivity contribution in [3.8, 4) is 23.0 Å². The average molecular weight is 480 g/mol. The van der Waals surface area contributed by atoms with Crippen LogP contribution in [0.4, 0.5) is 0 Å². The lowest BCUT2D eigenvalue weighted by Gasteiger charge is -2.07. The second-order valence-corrected chi connectivity index (χ2v) is 7.87. The molecule has 0 unspecified atom stereocenters. The molecule has 5 rings (SSSR count). The molecular formula is C26H24O9. The molecular weight excluding hydrogens is 456 g/mol. The van der Waals surface area contributed by atoms with Crippen molar-refractivity contribution in [2.75, 3.05) is 26.8 Å². The number of esters is 2. The van der Waals surface area contributed by atoms with E-state index < -0.39 is 11.9 Å². The van der Waals surface area contributed by atoms with Gasteiger partial charge in [0.05, 0.1) is 13.2 Å². The standard InChI is InChI=1S/C26H24O9/c1-3-29-25(27)23-21(11-15-5-7-17-19(9-15)33-13-31-17)35-22(24(23)26(28)30-4-2)12-16-6-8-18-20(10-16)34-14-32-18/h5-10H,3-4,11-14H2,1-2H3. The molecule has 35 heavy (non-hydrogen) atoms. The van der Waals surface area contributed by atoms with Crippen LogP contribution in [0.25, 0.3) is 0 Å². The summed E-state index contributed by atoms with van der Waals surface area (Å²) in [4.78, 5) is 26.0. The van der Waals surface area contributed by atoms with Crippen LogP contribution in [0.2, 0.25) is 0 Å². The highest BCUT2D eigenvalue weighted by Gasteiger charge is 2.32. The predicted molar refractivity (Wildman–Crippen MR) is 121 cm³/mol. The van der Waals surface area contributed by atoms with Crippen LogP contribution in [0.5, 0.6) is 23.0 Å². The van der Waals surface area contributed by atoms with Gasteiger partial charge in [0.25, 0.3) is 0 Å². The molecule has 182 valence electrons. The molecule has 3 heterocycles. The quantitative estimate of drug-likeness (QED) is 0.437. The molecule has 2 aliphatic rings. The minimum atomic E-state index is -0.646. The number of rotatable bonds is 8. The van der Waals surface area contributed by atoms with E-state index in [1.807, 2.05) is 24.3 Å². The molecule has 2 aliphatic heterocycles. The van der Waals surface area contributed by atoms with Gasteiger partial charge >= 0.3 is 11.9 Å². The maximum atomic E-state index is 13.0. The van der Waals surface area contributed by atoms with E-state index in [9.17, 15) is 9.59 Å². The van der Waals surface area contributed by atoms with Gasteiger partial charge in [-0.25, -0.2) is 9.59 Å². The van der Waals surface area contributed by atoms with Crippen molar-refractivity contribution in [3.63, 3.8) is 0 Å². The van der Waals surface area contributed by atoms with Gasteiger partial charge in [0, 0.05) is 12.8 Å². The fraction of sp³-hybridized carbons (Fsp3) is 0.308. The summed E-state index contributed by atoms with van der Waals surface area (Å²) in [5, 5.41) is 0. The van der Waals surface area contributed by atoms with Crippen LogP contribution in [0.15, 0.2) is 40.8 Å². The van der Waals surface area contributed by atoms with Crippen LogP contribution in [-0.4, -0.2) is 38.7 Å². The van der Waals surface area contributed by atoms with E-state index in [1.54, 1.807) is 26.0 Å². The predicted octanol–water partition coefficient (Wildman–Crippen LogP) is 4.27. The summed E-state index contributed by atoms with van der Waals surface area (Å²) >= 11 is 0. The maximum Gasteiger partial charge on any atom is 0.342 e. The first kappa shape index (κ1) is 22.6. The molecule has 0 atom stereocenters. The lowest BCUT2D eigenvalue weighted by molar-refractivity contribution is 0.0478. The van der Waals surface area contributed by atoms with Gasteiger partial charge in [0.1, 0.15) is 22.6 Å². The van der Waals surface area contributed by atoms with Crippen LogP contribution in [0, 0.1) is 0 Å². The number of furan rings is 1. The molecule has 0 amide bonds. The van der Waals surface area contributed by atoms with Crippen molar-refractivity contribution in [1.82, 2.24) is 0 Å². The zero-order chi connectivity index (χ0) is 24.4. The molecule has 3 aromatic rings. The first-order chi connectivity index (χ1) is 17.1. The van der Waals surface area contributed by atoms with Gasteiger partial charge in [-0.1, -0.05) is 12.1 Å². The van der Waals surface area contributed by atoms with Gasteiger partial charge in [-0.15, -0.1) is 0 Å². The van der Waals surface area contributed by atoms with Gasteiger partial charge in [0.2, 0.25) is 13.6 Å². The molecule has 0 saturated heterocycles. The minimum Gasteiger partial charge on any atom is -0.464 e. The highest BCUT2D eigenvalue weighted by Crippen LogP contribution is 2.36. The van der Waals surface area contributed by atoms with E-state index in [1.165, 1.54) is 0 Å². The lowest BCUT2D eigenvalue weighted by Crippen LogP contribution is -2.15. The first-order valence-electron chi connectivity index (χ1n) is 11.3. The molecule has 1 aromatic heterocycles. The minimum absolute atomic E-state index is 0.0683. The van der Waals surface area contributed by atoms with E-state index in [4.69, 9.17) is 32.8 Å². The van der Waals surface area contributed by atoms with Crippen LogP contribution in [0.3, 0.4) is 0 Å². The van der Waals surface area contributed by atoms with Crippen molar-refractivity contribution in [2.24, 2.45) is 0 Å². The zero-order valence-corrected chi connectivity index (χ0v) is 19.4. The molecule has 0 N–H and O–H groups in total. The summed E-state index contributed by atoms with van der Waals surface area (Å²) in [6.07, 6.45) is 0.469. The topological polar surface area (TPSA) is 103 Å². The summed E-state index contributed by atoms with van der Waals surface area (Å²) in [7, 11) is 0. The Morgan fingerprint density at radius 3 is 1.54 bits per heavy atom. The van der Waals surface area contributed by atoms with Crippen LogP contribution >= 0.6 is 0 Å². The molecule has 0 bridgehead atoms. The third kappa shape index (κ3) is 4.49. The van der Waals surface area contributed by atoms with Crippen LogP contribution in [0.1, 0.15) is 57.2 Å². The summed E-state index contributed by atoms with van der Waals surface area (Å²) in [6, 6.07) is 10.9. The molecule has 0 spiro atoms. The second-order valence-electron chi connectivity index (χ2n) is 7.87. The van der Waals surface area contributed by atoms with Crippen molar-refractivity contribution in [3.05, 3.63) is 70.2 Å². The highest BCUT2D eigenvalue weighted by atomic mass is 16.7. The molecule has 9 heteroatoms. The number of ether oxygens (including phenoxy) is 6. The normalized spacial score (nSPS) is 13.1. The molecule has 0 aliphatic carbocycles. The van der Waals surface area contributed by atoms with E-state index >= 15 is 0 Å². The molecule has 0 radical (unpaired) electrons. The zero-order valence-electron chi connectivity index (χ0n) is 19.4. The van der Waals surface area contributed by atoms with Crippen LogP contribution in [-0.2, 0) is 22.3 Å². The number of carbonyl (C=O) groups excluding carboxylic acids is 2. The summed E-state index contributed by atoms with van der Waals surface area (Å²) < 4.78 is 38.4. The van der Waals surface area contributed by atoms with Crippen molar-refractivity contribution >= 4 is 11.9 Å². The van der Waals surface area contributed by atoms with E-state index in [0.29, 0.717) is 34.5 Å². The number of fused-ring (bicyclic) bond motifs is 2. The van der Waals surface area contributed by atoms with Crippen molar-refractivity contribution < 1.29 is 42.4 Å². The Kier molecular flexibility index (Phi) is 6.22. The van der Waals surface area contributed by atoms with Gasteiger partial charge in [-0.3, -0.25) is 0 Å². The maximum absolute atomic E-state index is 13.0. The van der Waals surface area contributed by atoms with Gasteiger partial charge in [-0.05, 0) is 49.2 Å². The lowest BCUT2D eigenvalue weighted by atomic mass is 10.0. The summed E-state index contributed by atoms with van der Waals surface area (Å²) in [6.45, 7) is 4.00. The number of benzene rings is 2. The average Bonchev–Trinajstić information content (AvgIpc) is 3.57. The summed E-state index contributed by atoms with van der Waals surface area (Å²) in [5.41, 5.74) is 1.77.